The molecule has 232 valence electrons. The van der Waals surface area contributed by atoms with Crippen LogP contribution in [0.3, 0.4) is 0 Å². The number of anilines is 1. The van der Waals surface area contributed by atoms with E-state index >= 15 is 0 Å². The van der Waals surface area contributed by atoms with Crippen molar-refractivity contribution in [3.63, 3.8) is 0 Å². The molecule has 2 aromatic carbocycles. The quantitative estimate of drug-likeness (QED) is 0.197. The van der Waals surface area contributed by atoms with Gasteiger partial charge >= 0.3 is 0 Å². The minimum Gasteiger partial charge on any atom is -0.492 e. The average molecular weight is 595 g/mol. The van der Waals surface area contributed by atoms with Gasteiger partial charge in [0, 0.05) is 48.0 Å². The molecule has 1 atom stereocenters. The number of carbonyl (C=O) groups is 1. The van der Waals surface area contributed by atoms with Gasteiger partial charge in [0.25, 0.3) is 0 Å². The minimum atomic E-state index is -0.517. The number of hydrogen-bond acceptors (Lipinski definition) is 7. The number of aryl methyl sites for hydroxylation is 1. The van der Waals surface area contributed by atoms with Gasteiger partial charge in [-0.15, -0.1) is 0 Å². The molecule has 0 bridgehead atoms. The SMILES string of the molecule is CCN(CC)CCOc1ccc(C#Cc2ccnc(N)c2C#Cc2ccc(C(=O)CCC(O)CN(CC)CC)cc2)c(C)c1. The van der Waals surface area contributed by atoms with E-state index in [1.165, 1.54) is 0 Å². The van der Waals surface area contributed by atoms with Gasteiger partial charge < -0.3 is 25.4 Å². The van der Waals surface area contributed by atoms with Crippen molar-refractivity contribution < 1.29 is 14.6 Å². The summed E-state index contributed by atoms with van der Waals surface area (Å²) in [4.78, 5) is 21.4. The van der Waals surface area contributed by atoms with Crippen LogP contribution < -0.4 is 10.5 Å². The molecule has 0 spiro atoms. The smallest absolute Gasteiger partial charge is 0.162 e. The predicted molar refractivity (Wildman–Crippen MR) is 179 cm³/mol. The Kier molecular flexibility index (Phi) is 13.9. The molecular weight excluding hydrogens is 548 g/mol. The second-order valence-corrected chi connectivity index (χ2v) is 10.6. The number of nitrogens with two attached hydrogens (primary N) is 1. The van der Waals surface area contributed by atoms with Crippen LogP contribution in [-0.2, 0) is 0 Å². The molecule has 1 unspecified atom stereocenters. The highest BCUT2D eigenvalue weighted by atomic mass is 16.5. The Bertz CT molecular complexity index is 1490. The third-order valence-electron chi connectivity index (χ3n) is 7.69. The van der Waals surface area contributed by atoms with Crippen molar-refractivity contribution in [1.29, 1.82) is 0 Å². The topological polar surface area (TPSA) is 91.9 Å². The zero-order valence-corrected chi connectivity index (χ0v) is 26.8. The van der Waals surface area contributed by atoms with Crippen LogP contribution in [0.25, 0.3) is 0 Å². The van der Waals surface area contributed by atoms with Crippen LogP contribution in [0, 0.1) is 30.6 Å². The maximum absolute atomic E-state index is 12.7. The van der Waals surface area contributed by atoms with Crippen molar-refractivity contribution in [2.45, 2.75) is 53.6 Å². The lowest BCUT2D eigenvalue weighted by molar-refractivity contribution is 0.0877. The van der Waals surface area contributed by atoms with Crippen LogP contribution in [0.1, 0.15) is 78.7 Å². The van der Waals surface area contributed by atoms with E-state index in [1.54, 1.807) is 18.3 Å². The Morgan fingerprint density at radius 2 is 1.59 bits per heavy atom. The number of Topliss-reactive ketones (excluding diaryl/α,β-unsaturated/α-hetero) is 1. The van der Waals surface area contributed by atoms with Gasteiger partial charge in [-0.3, -0.25) is 4.79 Å². The van der Waals surface area contributed by atoms with Gasteiger partial charge in [0.1, 0.15) is 18.2 Å². The lowest BCUT2D eigenvalue weighted by atomic mass is 10.0. The van der Waals surface area contributed by atoms with Gasteiger partial charge in [-0.2, -0.15) is 0 Å². The van der Waals surface area contributed by atoms with Crippen molar-refractivity contribution in [3.8, 4) is 29.4 Å². The number of aliphatic hydroxyl groups is 1. The number of carbonyl (C=O) groups excluding carboxylic acids is 1. The number of rotatable bonds is 14. The summed E-state index contributed by atoms with van der Waals surface area (Å²) < 4.78 is 5.95. The molecule has 7 nitrogen and oxygen atoms in total. The highest BCUT2D eigenvalue weighted by Gasteiger charge is 2.13. The molecule has 3 N–H and O–H groups in total. The van der Waals surface area contributed by atoms with Crippen LogP contribution in [0.2, 0.25) is 0 Å². The van der Waals surface area contributed by atoms with Gasteiger partial charge in [0.05, 0.1) is 11.7 Å². The van der Waals surface area contributed by atoms with Gasteiger partial charge in [0.2, 0.25) is 0 Å². The van der Waals surface area contributed by atoms with E-state index in [-0.39, 0.29) is 5.78 Å². The summed E-state index contributed by atoms with van der Waals surface area (Å²) in [6.07, 6.45) is 1.85. The van der Waals surface area contributed by atoms with Crippen LogP contribution >= 0.6 is 0 Å². The highest BCUT2D eigenvalue weighted by Crippen LogP contribution is 2.18. The maximum Gasteiger partial charge on any atom is 0.162 e. The summed E-state index contributed by atoms with van der Waals surface area (Å²) in [6, 6.07) is 14.9. The van der Waals surface area contributed by atoms with E-state index in [4.69, 9.17) is 10.5 Å². The highest BCUT2D eigenvalue weighted by molar-refractivity contribution is 5.96. The van der Waals surface area contributed by atoms with E-state index < -0.39 is 6.10 Å². The van der Waals surface area contributed by atoms with Crippen LogP contribution in [-0.4, -0.2) is 77.7 Å². The molecule has 7 heteroatoms. The van der Waals surface area contributed by atoms with Crippen LogP contribution in [0.4, 0.5) is 5.82 Å². The molecule has 1 aromatic heterocycles. The number of nitrogens with zero attached hydrogens (tertiary/aromatic N) is 3. The molecule has 1 heterocycles. The van der Waals surface area contributed by atoms with Gasteiger partial charge in [-0.1, -0.05) is 63.5 Å². The molecule has 44 heavy (non-hydrogen) atoms. The second kappa shape index (κ2) is 17.9. The summed E-state index contributed by atoms with van der Waals surface area (Å²) >= 11 is 0. The van der Waals surface area contributed by atoms with Crippen molar-refractivity contribution in [3.05, 3.63) is 88.1 Å². The first-order chi connectivity index (χ1) is 21.3. The molecule has 0 saturated carbocycles. The standard InChI is InChI=1S/C37H46N4O3/c1-6-40(7-2)24-25-44-34-19-17-30(28(5)26-34)15-16-31-22-23-39-37(38)35(31)20-12-29-10-13-32(14-11-29)36(43)21-18-33(42)27-41(8-3)9-4/h10-11,13-14,17,19,22-23,26,33,42H,6-9,18,21,24-25,27H2,1-5H3,(H2,38,39). The first kappa shape index (κ1) is 34.4. The number of aromatic nitrogens is 1. The Labute approximate surface area is 263 Å². The maximum atomic E-state index is 12.7. The van der Waals surface area contributed by atoms with Crippen molar-refractivity contribution in [2.75, 3.05) is 51.6 Å². The Morgan fingerprint density at radius 3 is 2.25 bits per heavy atom. The molecule has 0 radical (unpaired) electrons. The average Bonchev–Trinajstić information content (AvgIpc) is 3.04. The first-order valence-electron chi connectivity index (χ1n) is 15.6. The Balaban J connectivity index is 1.67. The Hall–Kier alpha value is -4.14. The van der Waals surface area contributed by atoms with E-state index in [0.29, 0.717) is 48.5 Å². The zero-order chi connectivity index (χ0) is 31.9. The number of nitrogen functional groups attached to an aromatic ring is 1. The fourth-order valence-corrected chi connectivity index (χ4v) is 4.73. The fraction of sp³-hybridized carbons (Fsp3) is 0.405. The molecule has 3 rings (SSSR count). The summed E-state index contributed by atoms with van der Waals surface area (Å²) in [5.41, 5.74) is 10.7. The third kappa shape index (κ3) is 10.5. The van der Waals surface area contributed by atoms with E-state index in [2.05, 4.69) is 66.2 Å². The summed E-state index contributed by atoms with van der Waals surface area (Å²) in [5, 5.41) is 10.3. The second-order valence-electron chi connectivity index (χ2n) is 10.6. The van der Waals surface area contributed by atoms with Crippen LogP contribution in [0.5, 0.6) is 5.75 Å². The third-order valence-corrected chi connectivity index (χ3v) is 7.69. The van der Waals surface area contributed by atoms with Gasteiger partial charge in [-0.05, 0) is 81.5 Å². The fourth-order valence-electron chi connectivity index (χ4n) is 4.73. The van der Waals surface area contributed by atoms with E-state index in [0.717, 1.165) is 55.2 Å². The van der Waals surface area contributed by atoms with Gasteiger partial charge in [0.15, 0.2) is 5.78 Å². The lowest BCUT2D eigenvalue weighted by Gasteiger charge is -2.21. The normalized spacial score (nSPS) is 11.5. The molecule has 0 aliphatic heterocycles. The lowest BCUT2D eigenvalue weighted by Crippen LogP contribution is -2.32. The van der Waals surface area contributed by atoms with Gasteiger partial charge in [-0.25, -0.2) is 4.98 Å². The van der Waals surface area contributed by atoms with E-state index in [9.17, 15) is 9.90 Å². The van der Waals surface area contributed by atoms with Crippen molar-refractivity contribution in [2.24, 2.45) is 0 Å². The number of ether oxygens (including phenoxy) is 1. The summed E-state index contributed by atoms with van der Waals surface area (Å²) in [7, 11) is 0. The molecule has 0 aliphatic carbocycles. The first-order valence-corrected chi connectivity index (χ1v) is 15.6. The molecule has 0 amide bonds. The Morgan fingerprint density at radius 1 is 0.909 bits per heavy atom. The summed E-state index contributed by atoms with van der Waals surface area (Å²) in [6.45, 7) is 16.4. The molecule has 0 aliphatic rings. The zero-order valence-electron chi connectivity index (χ0n) is 26.8. The van der Waals surface area contributed by atoms with E-state index in [1.807, 2.05) is 43.3 Å². The minimum absolute atomic E-state index is 0.00619. The number of benzene rings is 2. The molecule has 0 saturated heterocycles. The summed E-state index contributed by atoms with van der Waals surface area (Å²) in [5.74, 6) is 13.9. The van der Waals surface area contributed by atoms with Crippen LogP contribution in [0.15, 0.2) is 54.7 Å². The monoisotopic (exact) mass is 594 g/mol. The largest absolute Gasteiger partial charge is 0.492 e. The molecule has 3 aromatic rings. The number of ketones is 1. The predicted octanol–water partition coefficient (Wildman–Crippen LogP) is 5.16. The van der Waals surface area contributed by atoms with Crippen molar-refractivity contribution >= 4 is 11.6 Å². The number of likely N-dealkylation sites (N-methyl/N-ethyl adjacent to an activating group) is 2. The number of hydrogen-bond donors (Lipinski definition) is 2. The molecule has 0 fully saturated rings. The molecular formula is C37H46N4O3. The van der Waals surface area contributed by atoms with Crippen molar-refractivity contribution in [1.82, 2.24) is 14.8 Å². The number of aliphatic hydroxyl groups excluding tert-OH is 1. The number of pyridine rings is 1.